The molecule has 15 heavy (non-hydrogen) atoms. The van der Waals surface area contributed by atoms with Crippen LogP contribution in [-0.4, -0.2) is 11.1 Å². The van der Waals surface area contributed by atoms with Crippen LogP contribution in [0.4, 0.5) is 4.39 Å². The zero-order valence-corrected chi connectivity index (χ0v) is 9.77. The summed E-state index contributed by atoms with van der Waals surface area (Å²) in [5.74, 6) is -1.23. The van der Waals surface area contributed by atoms with Gasteiger partial charge in [0, 0.05) is 0 Å². The molecule has 80 valence electrons. The van der Waals surface area contributed by atoms with Crippen LogP contribution < -0.4 is 0 Å². The summed E-state index contributed by atoms with van der Waals surface area (Å²) in [5, 5.41) is 9.10. The summed E-state index contributed by atoms with van der Waals surface area (Å²) in [6.07, 6.45) is 1.17. The number of rotatable bonds is 2. The molecule has 1 aliphatic carbocycles. The van der Waals surface area contributed by atoms with E-state index >= 15 is 0 Å². The first-order valence-electron chi connectivity index (χ1n) is 4.67. The van der Waals surface area contributed by atoms with Crippen molar-refractivity contribution in [3.05, 3.63) is 33.5 Å². The standard InChI is InChI=1S/C11H10BrFO2/c1-6-2-3-7(8(12)9(6)13)11(4-5-11)10(14)15/h2-3H,4-5H2,1H3,(H,14,15). The molecule has 1 aromatic rings. The first-order chi connectivity index (χ1) is 6.99. The van der Waals surface area contributed by atoms with Crippen molar-refractivity contribution in [3.8, 4) is 0 Å². The van der Waals surface area contributed by atoms with Gasteiger partial charge in [-0.05, 0) is 46.8 Å². The molecule has 1 aromatic carbocycles. The van der Waals surface area contributed by atoms with E-state index in [1.54, 1.807) is 19.1 Å². The Morgan fingerprint density at radius 1 is 1.53 bits per heavy atom. The summed E-state index contributed by atoms with van der Waals surface area (Å²) in [7, 11) is 0. The Labute approximate surface area is 95.2 Å². The van der Waals surface area contributed by atoms with Gasteiger partial charge in [-0.3, -0.25) is 4.79 Å². The van der Waals surface area contributed by atoms with Crippen molar-refractivity contribution in [2.75, 3.05) is 0 Å². The van der Waals surface area contributed by atoms with Gasteiger partial charge in [-0.2, -0.15) is 0 Å². The topological polar surface area (TPSA) is 37.3 Å². The SMILES string of the molecule is Cc1ccc(C2(C(=O)O)CC2)c(Br)c1F. The van der Waals surface area contributed by atoms with Gasteiger partial charge < -0.3 is 5.11 Å². The van der Waals surface area contributed by atoms with E-state index in [1.807, 2.05) is 0 Å². The lowest BCUT2D eigenvalue weighted by atomic mass is 9.95. The van der Waals surface area contributed by atoms with Crippen molar-refractivity contribution in [2.24, 2.45) is 0 Å². The predicted molar refractivity (Wildman–Crippen MR) is 57.4 cm³/mol. The molecular formula is C11H10BrFO2. The second-order valence-electron chi connectivity index (χ2n) is 3.95. The van der Waals surface area contributed by atoms with Gasteiger partial charge in [-0.1, -0.05) is 12.1 Å². The fourth-order valence-corrected chi connectivity index (χ4v) is 2.56. The quantitative estimate of drug-likeness (QED) is 0.899. The Morgan fingerprint density at radius 2 is 2.13 bits per heavy atom. The van der Waals surface area contributed by atoms with E-state index in [0.29, 0.717) is 28.4 Å². The summed E-state index contributed by atoms with van der Waals surface area (Å²) in [6.45, 7) is 1.66. The minimum atomic E-state index is -0.869. The molecule has 2 nitrogen and oxygen atoms in total. The molecule has 0 atom stereocenters. The molecule has 0 aromatic heterocycles. The number of hydrogen-bond donors (Lipinski definition) is 1. The summed E-state index contributed by atoms with van der Waals surface area (Å²) < 4.78 is 13.9. The van der Waals surface area contributed by atoms with Gasteiger partial charge >= 0.3 is 5.97 Å². The van der Waals surface area contributed by atoms with Crippen LogP contribution in [0, 0.1) is 12.7 Å². The fraction of sp³-hybridized carbons (Fsp3) is 0.364. The third kappa shape index (κ3) is 1.47. The molecule has 1 aliphatic rings. The second-order valence-corrected chi connectivity index (χ2v) is 4.74. The molecule has 0 amide bonds. The van der Waals surface area contributed by atoms with Gasteiger partial charge in [0.05, 0.1) is 9.89 Å². The second kappa shape index (κ2) is 3.30. The van der Waals surface area contributed by atoms with E-state index in [4.69, 9.17) is 5.11 Å². The molecular weight excluding hydrogens is 263 g/mol. The minimum Gasteiger partial charge on any atom is -0.481 e. The number of aryl methyl sites for hydroxylation is 1. The van der Waals surface area contributed by atoms with Crippen molar-refractivity contribution < 1.29 is 14.3 Å². The summed E-state index contributed by atoms with van der Waals surface area (Å²) in [4.78, 5) is 11.1. The van der Waals surface area contributed by atoms with E-state index in [-0.39, 0.29) is 5.82 Å². The van der Waals surface area contributed by atoms with Crippen LogP contribution >= 0.6 is 15.9 Å². The Balaban J connectivity index is 2.55. The highest BCUT2D eigenvalue weighted by Gasteiger charge is 2.53. The van der Waals surface area contributed by atoms with Crippen LogP contribution in [0.1, 0.15) is 24.0 Å². The first-order valence-corrected chi connectivity index (χ1v) is 5.47. The van der Waals surface area contributed by atoms with E-state index in [1.165, 1.54) is 0 Å². The van der Waals surface area contributed by atoms with Gasteiger partial charge in [0.25, 0.3) is 0 Å². The van der Waals surface area contributed by atoms with Crippen LogP contribution in [0.3, 0.4) is 0 Å². The molecule has 1 fully saturated rings. The summed E-state index contributed by atoms with van der Waals surface area (Å²) in [6, 6.07) is 3.32. The Bertz CT molecular complexity index is 438. The van der Waals surface area contributed by atoms with Gasteiger partial charge in [-0.25, -0.2) is 4.39 Å². The molecule has 0 bridgehead atoms. The molecule has 0 unspecified atom stereocenters. The maximum Gasteiger partial charge on any atom is 0.314 e. The van der Waals surface area contributed by atoms with Crippen LogP contribution in [-0.2, 0) is 10.2 Å². The first kappa shape index (κ1) is 10.6. The largest absolute Gasteiger partial charge is 0.481 e. The summed E-state index contributed by atoms with van der Waals surface area (Å²) in [5.41, 5.74) is 0.220. The number of halogens is 2. The smallest absolute Gasteiger partial charge is 0.314 e. The van der Waals surface area contributed by atoms with Crippen LogP contribution in [0.25, 0.3) is 0 Å². The third-order valence-corrected chi connectivity index (χ3v) is 3.73. The maximum atomic E-state index is 13.6. The Morgan fingerprint density at radius 3 is 2.60 bits per heavy atom. The third-order valence-electron chi connectivity index (χ3n) is 2.95. The average Bonchev–Trinajstić information content (AvgIpc) is 2.95. The number of benzene rings is 1. The van der Waals surface area contributed by atoms with Crippen molar-refractivity contribution in [3.63, 3.8) is 0 Å². The lowest BCUT2D eigenvalue weighted by Gasteiger charge is -2.13. The molecule has 1 N–H and O–H groups in total. The Hall–Kier alpha value is -0.900. The normalized spacial score (nSPS) is 17.5. The van der Waals surface area contributed by atoms with Gasteiger partial charge in [0.1, 0.15) is 5.82 Å². The molecule has 1 saturated carbocycles. The van der Waals surface area contributed by atoms with Gasteiger partial charge in [0.2, 0.25) is 0 Å². The number of carboxylic acid groups (broad SMARTS) is 1. The van der Waals surface area contributed by atoms with E-state index in [9.17, 15) is 9.18 Å². The maximum absolute atomic E-state index is 13.6. The van der Waals surface area contributed by atoms with Crippen molar-refractivity contribution in [2.45, 2.75) is 25.2 Å². The predicted octanol–water partition coefficient (Wildman–Crippen LogP) is 3.01. The fourth-order valence-electron chi connectivity index (χ4n) is 1.74. The highest BCUT2D eigenvalue weighted by Crippen LogP contribution is 2.51. The number of carboxylic acids is 1. The van der Waals surface area contributed by atoms with Crippen LogP contribution in [0.5, 0.6) is 0 Å². The molecule has 0 aliphatic heterocycles. The molecule has 4 heteroatoms. The highest BCUT2D eigenvalue weighted by molar-refractivity contribution is 9.10. The van der Waals surface area contributed by atoms with E-state index < -0.39 is 11.4 Å². The number of carbonyl (C=O) groups is 1. The molecule has 0 spiro atoms. The number of aliphatic carboxylic acids is 1. The van der Waals surface area contributed by atoms with Gasteiger partial charge in [-0.15, -0.1) is 0 Å². The minimum absolute atomic E-state index is 0.294. The highest BCUT2D eigenvalue weighted by atomic mass is 79.9. The van der Waals surface area contributed by atoms with Gasteiger partial charge in [0.15, 0.2) is 0 Å². The lowest BCUT2D eigenvalue weighted by Crippen LogP contribution is -2.20. The van der Waals surface area contributed by atoms with Crippen molar-refractivity contribution in [1.82, 2.24) is 0 Å². The van der Waals surface area contributed by atoms with Crippen LogP contribution in [0.2, 0.25) is 0 Å². The Kier molecular flexibility index (Phi) is 2.34. The zero-order chi connectivity index (χ0) is 11.2. The molecule has 0 heterocycles. The number of hydrogen-bond acceptors (Lipinski definition) is 1. The zero-order valence-electron chi connectivity index (χ0n) is 8.18. The molecule has 0 radical (unpaired) electrons. The van der Waals surface area contributed by atoms with Crippen LogP contribution in [0.15, 0.2) is 16.6 Å². The van der Waals surface area contributed by atoms with E-state index in [0.717, 1.165) is 0 Å². The monoisotopic (exact) mass is 272 g/mol. The average molecular weight is 273 g/mol. The van der Waals surface area contributed by atoms with Crippen molar-refractivity contribution in [1.29, 1.82) is 0 Å². The van der Waals surface area contributed by atoms with E-state index in [2.05, 4.69) is 15.9 Å². The summed E-state index contributed by atoms with van der Waals surface area (Å²) >= 11 is 3.14. The lowest BCUT2D eigenvalue weighted by molar-refractivity contribution is -0.140. The van der Waals surface area contributed by atoms with Crippen molar-refractivity contribution >= 4 is 21.9 Å². The molecule has 0 saturated heterocycles. The molecule has 2 rings (SSSR count).